The molecule has 0 fully saturated rings. The lowest BCUT2D eigenvalue weighted by atomic mass is 10.0. The smallest absolute Gasteiger partial charge is 0.248 e. The van der Waals surface area contributed by atoms with Gasteiger partial charge in [-0.25, -0.2) is 0 Å². The van der Waals surface area contributed by atoms with E-state index in [1.54, 1.807) is 31.4 Å². The van der Waals surface area contributed by atoms with E-state index in [9.17, 15) is 9.59 Å². The maximum Gasteiger partial charge on any atom is 0.248 e. The van der Waals surface area contributed by atoms with Crippen molar-refractivity contribution in [3.63, 3.8) is 0 Å². The molecule has 1 aliphatic rings. The molecule has 6 nitrogen and oxygen atoms in total. The molecule has 1 unspecified atom stereocenters. The molecule has 3 rings (SSSR count). The Bertz CT molecular complexity index is 801. The van der Waals surface area contributed by atoms with E-state index in [0.29, 0.717) is 30.7 Å². The van der Waals surface area contributed by atoms with E-state index >= 15 is 0 Å². The summed E-state index contributed by atoms with van der Waals surface area (Å²) in [5, 5.41) is 6.87. The lowest BCUT2D eigenvalue weighted by Crippen LogP contribution is -2.35. The highest BCUT2D eigenvalue weighted by molar-refractivity contribution is 6.40. The van der Waals surface area contributed by atoms with Crippen LogP contribution in [0.25, 0.3) is 0 Å². The Morgan fingerprint density at radius 3 is 2.58 bits per heavy atom. The number of aryl methyl sites for hydroxylation is 1. The minimum absolute atomic E-state index is 0.0268. The Morgan fingerprint density at radius 1 is 1.15 bits per heavy atom. The van der Waals surface area contributed by atoms with Crippen LogP contribution in [-0.2, 0) is 16.0 Å². The molecular formula is C20H21N3O3. The molecule has 2 aromatic rings. The van der Waals surface area contributed by atoms with Crippen molar-refractivity contribution in [2.45, 2.75) is 25.3 Å². The highest BCUT2D eigenvalue weighted by Gasteiger charge is 2.28. The van der Waals surface area contributed by atoms with E-state index in [-0.39, 0.29) is 11.7 Å². The van der Waals surface area contributed by atoms with Crippen LogP contribution in [-0.4, -0.2) is 30.6 Å². The summed E-state index contributed by atoms with van der Waals surface area (Å²) in [6.07, 6.45) is 1.36. The lowest BCUT2D eigenvalue weighted by Gasteiger charge is -2.11. The fraction of sp³-hybridized carbons (Fsp3) is 0.250. The van der Waals surface area contributed by atoms with E-state index in [4.69, 9.17) is 4.74 Å². The number of hydrogen-bond acceptors (Lipinski definition) is 5. The van der Waals surface area contributed by atoms with Crippen LogP contribution in [0.15, 0.2) is 59.7 Å². The number of ketones is 1. The van der Waals surface area contributed by atoms with Crippen molar-refractivity contribution in [2.75, 3.05) is 12.4 Å². The highest BCUT2D eigenvalue weighted by atomic mass is 16.5. The van der Waals surface area contributed by atoms with Gasteiger partial charge in [-0.3, -0.25) is 15.0 Å². The number of carbonyl (C=O) groups excluding carboxylic acids is 2. The van der Waals surface area contributed by atoms with Crippen molar-refractivity contribution in [1.29, 1.82) is 0 Å². The number of Topliss-reactive ketones (excluding diaryl/α,β-unsaturated/α-hetero) is 1. The van der Waals surface area contributed by atoms with Crippen LogP contribution in [0.4, 0.5) is 5.69 Å². The predicted octanol–water partition coefficient (Wildman–Crippen LogP) is 2.55. The molecule has 2 aromatic carbocycles. The topological polar surface area (TPSA) is 79.8 Å². The molecule has 0 bridgehead atoms. The van der Waals surface area contributed by atoms with Crippen molar-refractivity contribution >= 4 is 23.1 Å². The third-order valence-corrected chi connectivity index (χ3v) is 4.23. The van der Waals surface area contributed by atoms with Crippen LogP contribution in [0.3, 0.4) is 0 Å². The van der Waals surface area contributed by atoms with Crippen LogP contribution in [0, 0.1) is 0 Å². The molecule has 1 heterocycles. The zero-order chi connectivity index (χ0) is 18.4. The standard InChI is InChI=1S/C20H21N3O3/c1-26-16-10-8-15(9-11-16)21-20(25)18-13-17(22-23-18)19(24)12-7-14-5-3-2-4-6-14/h2-6,8-11,18,23H,7,12-13H2,1H3,(H,21,25). The van der Waals surface area contributed by atoms with Crippen LogP contribution < -0.4 is 15.5 Å². The summed E-state index contributed by atoms with van der Waals surface area (Å²) >= 11 is 0. The van der Waals surface area contributed by atoms with E-state index in [0.717, 1.165) is 11.3 Å². The van der Waals surface area contributed by atoms with Gasteiger partial charge in [0.05, 0.1) is 7.11 Å². The molecule has 26 heavy (non-hydrogen) atoms. The maximum atomic E-state index is 12.3. The summed E-state index contributed by atoms with van der Waals surface area (Å²) in [5.74, 6) is 0.475. The second kappa shape index (κ2) is 8.29. The van der Waals surface area contributed by atoms with Crippen molar-refractivity contribution in [1.82, 2.24) is 5.43 Å². The van der Waals surface area contributed by atoms with Gasteiger partial charge in [-0.2, -0.15) is 5.10 Å². The zero-order valence-electron chi connectivity index (χ0n) is 14.6. The van der Waals surface area contributed by atoms with Crippen molar-refractivity contribution in [2.24, 2.45) is 5.10 Å². The van der Waals surface area contributed by atoms with Crippen molar-refractivity contribution in [3.05, 3.63) is 60.2 Å². The summed E-state index contributed by atoms with van der Waals surface area (Å²) < 4.78 is 5.09. The second-order valence-corrected chi connectivity index (χ2v) is 6.07. The van der Waals surface area contributed by atoms with Gasteiger partial charge in [0.15, 0.2) is 5.78 Å². The minimum atomic E-state index is -0.534. The van der Waals surface area contributed by atoms with Gasteiger partial charge in [-0.15, -0.1) is 0 Å². The van der Waals surface area contributed by atoms with E-state index in [1.165, 1.54) is 0 Å². The number of hydrogen-bond donors (Lipinski definition) is 2. The Labute approximate surface area is 152 Å². The van der Waals surface area contributed by atoms with Crippen LogP contribution >= 0.6 is 0 Å². The molecule has 0 aromatic heterocycles. The number of benzene rings is 2. The lowest BCUT2D eigenvalue weighted by molar-refractivity contribution is -0.117. The van der Waals surface area contributed by atoms with E-state index in [2.05, 4.69) is 15.8 Å². The number of amides is 1. The SMILES string of the molecule is COc1ccc(NC(=O)C2CC(C(=O)CCc3ccccc3)=NN2)cc1. The fourth-order valence-electron chi connectivity index (χ4n) is 2.72. The van der Waals surface area contributed by atoms with E-state index < -0.39 is 6.04 Å². The molecular weight excluding hydrogens is 330 g/mol. The normalized spacial score (nSPS) is 15.7. The number of methoxy groups -OCH3 is 1. The molecule has 134 valence electrons. The largest absolute Gasteiger partial charge is 0.497 e. The predicted molar refractivity (Wildman–Crippen MR) is 100 cm³/mol. The average molecular weight is 351 g/mol. The van der Waals surface area contributed by atoms with E-state index in [1.807, 2.05) is 30.3 Å². The molecule has 0 radical (unpaired) electrons. The molecule has 2 N–H and O–H groups in total. The molecule has 0 spiro atoms. The Morgan fingerprint density at radius 2 is 1.88 bits per heavy atom. The quantitative estimate of drug-likeness (QED) is 0.803. The number of rotatable bonds is 7. The second-order valence-electron chi connectivity index (χ2n) is 6.07. The summed E-state index contributed by atoms with van der Waals surface area (Å²) in [5.41, 5.74) is 4.97. The first kappa shape index (κ1) is 17.7. The molecule has 0 saturated heterocycles. The third-order valence-electron chi connectivity index (χ3n) is 4.23. The molecule has 6 heteroatoms. The number of nitrogens with one attached hydrogen (secondary N) is 2. The first-order valence-electron chi connectivity index (χ1n) is 8.50. The van der Waals surface area contributed by atoms with Crippen molar-refractivity contribution < 1.29 is 14.3 Å². The first-order valence-corrected chi connectivity index (χ1v) is 8.50. The fourth-order valence-corrected chi connectivity index (χ4v) is 2.72. The highest BCUT2D eigenvalue weighted by Crippen LogP contribution is 2.16. The molecule has 0 aliphatic carbocycles. The summed E-state index contributed by atoms with van der Waals surface area (Å²) in [6.45, 7) is 0. The molecule has 1 amide bonds. The Hall–Kier alpha value is -3.15. The van der Waals surface area contributed by atoms with Gasteiger partial charge in [0.1, 0.15) is 17.5 Å². The van der Waals surface area contributed by atoms with Crippen LogP contribution in [0.1, 0.15) is 18.4 Å². The van der Waals surface area contributed by atoms with Crippen molar-refractivity contribution in [3.8, 4) is 5.75 Å². The maximum absolute atomic E-state index is 12.3. The number of carbonyl (C=O) groups is 2. The summed E-state index contributed by atoms with van der Waals surface area (Å²) in [6, 6.07) is 16.4. The monoisotopic (exact) mass is 351 g/mol. The number of ether oxygens (including phenoxy) is 1. The third kappa shape index (κ3) is 4.47. The zero-order valence-corrected chi connectivity index (χ0v) is 14.6. The summed E-state index contributed by atoms with van der Waals surface area (Å²) in [7, 11) is 1.59. The Balaban J connectivity index is 1.48. The van der Waals surface area contributed by atoms with Crippen LogP contribution in [0.5, 0.6) is 5.75 Å². The first-order chi connectivity index (χ1) is 12.7. The van der Waals surface area contributed by atoms with Gasteiger partial charge in [-0.05, 0) is 36.2 Å². The van der Waals surface area contributed by atoms with Crippen LogP contribution in [0.2, 0.25) is 0 Å². The van der Waals surface area contributed by atoms with Gasteiger partial charge < -0.3 is 10.1 Å². The molecule has 1 aliphatic heterocycles. The van der Waals surface area contributed by atoms with Gasteiger partial charge in [0.2, 0.25) is 5.91 Å². The number of anilines is 1. The van der Waals surface area contributed by atoms with Gasteiger partial charge in [0, 0.05) is 18.5 Å². The average Bonchev–Trinajstić information content (AvgIpc) is 3.18. The number of hydrazone groups is 1. The van der Waals surface area contributed by atoms with Gasteiger partial charge >= 0.3 is 0 Å². The van der Waals surface area contributed by atoms with Gasteiger partial charge in [0.25, 0.3) is 0 Å². The minimum Gasteiger partial charge on any atom is -0.497 e. The molecule has 0 saturated carbocycles. The molecule has 1 atom stereocenters. The van der Waals surface area contributed by atoms with Gasteiger partial charge in [-0.1, -0.05) is 30.3 Å². The summed E-state index contributed by atoms with van der Waals surface area (Å²) in [4.78, 5) is 24.6. The Kier molecular flexibility index (Phi) is 5.63. The number of nitrogens with zero attached hydrogens (tertiary/aromatic N) is 1.